The van der Waals surface area contributed by atoms with Crippen LogP contribution in [0.4, 0.5) is 0 Å². The molecule has 1 amide bonds. The van der Waals surface area contributed by atoms with Gasteiger partial charge in [0.15, 0.2) is 9.84 Å². The van der Waals surface area contributed by atoms with Gasteiger partial charge in [-0.15, -0.1) is 0 Å². The molecule has 2 N–H and O–H groups in total. The number of carbonyl (C=O) groups excluding carboxylic acids is 1. The molecule has 24 heavy (non-hydrogen) atoms. The Morgan fingerprint density at radius 1 is 1.29 bits per heavy atom. The summed E-state index contributed by atoms with van der Waals surface area (Å²) in [4.78, 5) is 12.9. The smallest absolute Gasteiger partial charge is 0.228 e. The molecular formula is C18H26N2O3S. The van der Waals surface area contributed by atoms with Crippen molar-refractivity contribution in [3.05, 3.63) is 35.4 Å². The van der Waals surface area contributed by atoms with Gasteiger partial charge in [0.1, 0.15) is 0 Å². The van der Waals surface area contributed by atoms with Crippen molar-refractivity contribution in [2.75, 3.05) is 19.3 Å². The lowest BCUT2D eigenvalue weighted by molar-refractivity contribution is -0.134. The highest BCUT2D eigenvalue weighted by Crippen LogP contribution is 2.43. The number of sulfone groups is 1. The van der Waals surface area contributed by atoms with E-state index >= 15 is 0 Å². The zero-order valence-electron chi connectivity index (χ0n) is 14.2. The van der Waals surface area contributed by atoms with E-state index in [1.54, 1.807) is 0 Å². The van der Waals surface area contributed by atoms with Crippen molar-refractivity contribution in [1.29, 1.82) is 0 Å². The van der Waals surface area contributed by atoms with Gasteiger partial charge in [-0.1, -0.05) is 37.1 Å². The van der Waals surface area contributed by atoms with Crippen LogP contribution in [0.5, 0.6) is 0 Å². The average Bonchev–Trinajstić information content (AvgIpc) is 2.97. The minimum Gasteiger partial charge on any atom is -0.351 e. The van der Waals surface area contributed by atoms with Crippen LogP contribution >= 0.6 is 0 Å². The predicted molar refractivity (Wildman–Crippen MR) is 94.1 cm³/mol. The first-order valence-corrected chi connectivity index (χ1v) is 10.7. The summed E-state index contributed by atoms with van der Waals surface area (Å²) < 4.78 is 23.2. The second kappa shape index (κ2) is 6.84. The summed E-state index contributed by atoms with van der Waals surface area (Å²) in [5.74, 6) is 0.554. The lowest BCUT2D eigenvalue weighted by Crippen LogP contribution is -2.47. The van der Waals surface area contributed by atoms with Crippen LogP contribution in [0.25, 0.3) is 0 Å². The van der Waals surface area contributed by atoms with Crippen LogP contribution in [0.15, 0.2) is 24.3 Å². The monoisotopic (exact) mass is 350 g/mol. The topological polar surface area (TPSA) is 75.3 Å². The summed E-state index contributed by atoms with van der Waals surface area (Å²) in [5.41, 5.74) is 1.37. The predicted octanol–water partition coefficient (Wildman–Crippen LogP) is 1.63. The fourth-order valence-electron chi connectivity index (χ4n) is 4.20. The van der Waals surface area contributed by atoms with Crippen LogP contribution in [0.1, 0.15) is 36.8 Å². The van der Waals surface area contributed by atoms with Crippen LogP contribution in [-0.2, 0) is 26.9 Å². The molecule has 1 aliphatic carbocycles. The van der Waals surface area contributed by atoms with Crippen molar-refractivity contribution in [3.8, 4) is 0 Å². The molecule has 2 aliphatic rings. The molecule has 5 nitrogen and oxygen atoms in total. The molecule has 1 saturated heterocycles. The Hall–Kier alpha value is -1.40. The minimum absolute atomic E-state index is 0.00830. The molecule has 6 heteroatoms. The normalized spacial score (nSPS) is 26.8. The molecule has 2 atom stereocenters. The van der Waals surface area contributed by atoms with Gasteiger partial charge in [-0.3, -0.25) is 4.79 Å². The van der Waals surface area contributed by atoms with E-state index in [-0.39, 0.29) is 17.1 Å². The van der Waals surface area contributed by atoms with Gasteiger partial charge in [-0.2, -0.15) is 0 Å². The average molecular weight is 350 g/mol. The first-order chi connectivity index (χ1) is 11.4. The number of carbonyl (C=O) groups is 1. The molecule has 1 aromatic rings. The van der Waals surface area contributed by atoms with E-state index in [1.807, 2.05) is 24.3 Å². The van der Waals surface area contributed by atoms with Crippen LogP contribution in [0.3, 0.4) is 0 Å². The third-order valence-corrected chi connectivity index (χ3v) is 6.30. The minimum atomic E-state index is -3.10. The first-order valence-electron chi connectivity index (χ1n) is 8.64. The van der Waals surface area contributed by atoms with E-state index in [4.69, 9.17) is 0 Å². The number of rotatable bonds is 5. The molecule has 1 aromatic carbocycles. The molecule has 3 rings (SSSR count). The highest BCUT2D eigenvalue weighted by molar-refractivity contribution is 7.89. The fraction of sp³-hybridized carbons (Fsp3) is 0.611. The maximum absolute atomic E-state index is 12.9. The summed E-state index contributed by atoms with van der Waals surface area (Å²) in [6, 6.07) is 7.43. The maximum atomic E-state index is 12.9. The Morgan fingerprint density at radius 2 is 2.04 bits per heavy atom. The van der Waals surface area contributed by atoms with Gasteiger partial charge >= 0.3 is 0 Å². The summed E-state index contributed by atoms with van der Waals surface area (Å²) in [6.07, 6.45) is 5.61. The van der Waals surface area contributed by atoms with Crippen molar-refractivity contribution in [2.45, 2.75) is 38.0 Å². The molecule has 132 valence electrons. The Morgan fingerprint density at radius 3 is 2.79 bits per heavy atom. The van der Waals surface area contributed by atoms with Gasteiger partial charge in [-0.25, -0.2) is 8.42 Å². The highest BCUT2D eigenvalue weighted by atomic mass is 32.2. The van der Waals surface area contributed by atoms with Crippen LogP contribution in [0.2, 0.25) is 0 Å². The highest BCUT2D eigenvalue weighted by Gasteiger charge is 2.49. The van der Waals surface area contributed by atoms with Gasteiger partial charge in [0.25, 0.3) is 0 Å². The van der Waals surface area contributed by atoms with Gasteiger partial charge in [-0.05, 0) is 36.4 Å². The molecule has 0 unspecified atom stereocenters. The zero-order chi connectivity index (χ0) is 17.2. The Labute approximate surface area is 144 Å². The van der Waals surface area contributed by atoms with Crippen LogP contribution in [-0.4, -0.2) is 33.7 Å². The van der Waals surface area contributed by atoms with E-state index in [1.165, 1.54) is 12.7 Å². The SMILES string of the molecule is CS(=O)(=O)Cc1ccccc1CNC(=O)[C@@]12CCCC[C@H]1CNC2. The van der Waals surface area contributed by atoms with Crippen molar-refractivity contribution in [1.82, 2.24) is 10.6 Å². The van der Waals surface area contributed by atoms with Crippen molar-refractivity contribution < 1.29 is 13.2 Å². The lowest BCUT2D eigenvalue weighted by Gasteiger charge is -2.37. The zero-order valence-corrected chi connectivity index (χ0v) is 15.0. The van der Waals surface area contributed by atoms with E-state index in [9.17, 15) is 13.2 Å². The van der Waals surface area contributed by atoms with E-state index in [0.717, 1.165) is 43.5 Å². The van der Waals surface area contributed by atoms with Gasteiger partial charge < -0.3 is 10.6 Å². The standard InChI is InChI=1S/C18H26N2O3S/c1-24(22,23)12-15-7-3-2-6-14(15)10-20-17(21)18-9-5-4-8-16(18)11-19-13-18/h2-3,6-7,16,19H,4-5,8-13H2,1H3,(H,20,21)/t16-,18+/m0/s1. The van der Waals surface area contributed by atoms with Crippen molar-refractivity contribution in [2.24, 2.45) is 11.3 Å². The molecular weight excluding hydrogens is 324 g/mol. The third-order valence-electron chi connectivity index (χ3n) is 5.47. The fourth-order valence-corrected chi connectivity index (χ4v) is 5.04. The summed E-state index contributed by atoms with van der Waals surface area (Å²) in [6.45, 7) is 2.07. The number of fused-ring (bicyclic) bond motifs is 1. The summed E-state index contributed by atoms with van der Waals surface area (Å²) in [7, 11) is -3.10. The molecule has 0 aromatic heterocycles. The molecule has 2 fully saturated rings. The maximum Gasteiger partial charge on any atom is 0.228 e. The second-order valence-corrected chi connectivity index (χ2v) is 9.39. The van der Waals surface area contributed by atoms with Gasteiger partial charge in [0.2, 0.25) is 5.91 Å². The Balaban J connectivity index is 1.71. The summed E-state index contributed by atoms with van der Waals surface area (Å²) >= 11 is 0. The molecule has 1 aliphatic heterocycles. The second-order valence-electron chi connectivity index (χ2n) is 7.25. The number of hydrogen-bond donors (Lipinski definition) is 2. The molecule has 1 heterocycles. The van der Waals surface area contributed by atoms with Crippen LogP contribution in [0, 0.1) is 11.3 Å². The van der Waals surface area contributed by atoms with E-state index in [0.29, 0.717) is 12.5 Å². The van der Waals surface area contributed by atoms with E-state index < -0.39 is 9.84 Å². The number of hydrogen-bond acceptors (Lipinski definition) is 4. The lowest BCUT2D eigenvalue weighted by atomic mass is 9.67. The van der Waals surface area contributed by atoms with Gasteiger partial charge in [0.05, 0.1) is 11.2 Å². The number of amides is 1. The molecule has 1 saturated carbocycles. The summed E-state index contributed by atoms with van der Waals surface area (Å²) in [5, 5.41) is 6.47. The van der Waals surface area contributed by atoms with Crippen LogP contribution < -0.4 is 10.6 Å². The van der Waals surface area contributed by atoms with Crippen molar-refractivity contribution >= 4 is 15.7 Å². The quantitative estimate of drug-likeness (QED) is 0.846. The van der Waals surface area contributed by atoms with Crippen molar-refractivity contribution in [3.63, 3.8) is 0 Å². The Kier molecular flexibility index (Phi) is 4.97. The Bertz CT molecular complexity index is 717. The number of benzene rings is 1. The number of nitrogens with one attached hydrogen (secondary N) is 2. The molecule has 0 spiro atoms. The van der Waals surface area contributed by atoms with Gasteiger partial charge in [0, 0.05) is 19.3 Å². The largest absolute Gasteiger partial charge is 0.351 e. The molecule has 0 bridgehead atoms. The third kappa shape index (κ3) is 3.64. The van der Waals surface area contributed by atoms with E-state index in [2.05, 4.69) is 10.6 Å². The first kappa shape index (κ1) is 17.4. The molecule has 0 radical (unpaired) electrons.